The Hall–Kier alpha value is 0.499. The molecule has 4 atom stereocenters. The molecule has 1 N–H and O–H groups in total. The SMILES string of the molecule is CCCC[C@]1(O)C[C@](C)(/C=[CH]\[Sn]([CH2]CCC)([CH2]CCC)[CH2]CCC)[C@@H]2CC[C@H]1C2(C)C. The van der Waals surface area contributed by atoms with Gasteiger partial charge in [0.25, 0.3) is 0 Å². The van der Waals surface area contributed by atoms with Gasteiger partial charge in [0.2, 0.25) is 0 Å². The molecule has 2 fully saturated rings. The van der Waals surface area contributed by atoms with Crippen molar-refractivity contribution in [1.29, 1.82) is 0 Å². The standard InChI is InChI=1S/C17H29O.3C4H9.Sn/c1-6-8-11-17(18)12-16(5,7-2)13-9-10-14(17)15(13,3)4;3*1-3-4-2;/h2,7,13-14,18H,6,8-12H2,1,3-5H3;3*1,3-4H2,2H3;/t13-,14+,16+,17+;;;;/m1..../s1. The fourth-order valence-electron chi connectivity index (χ4n) is 7.87. The summed E-state index contributed by atoms with van der Waals surface area (Å²) >= 11 is -2.30. The quantitative estimate of drug-likeness (QED) is 0.218. The van der Waals surface area contributed by atoms with Crippen molar-refractivity contribution in [3.63, 3.8) is 0 Å². The van der Waals surface area contributed by atoms with Crippen molar-refractivity contribution < 1.29 is 5.11 Å². The van der Waals surface area contributed by atoms with Gasteiger partial charge < -0.3 is 0 Å². The molecular weight excluding hydrogens is 483 g/mol. The fraction of sp³-hybridized carbons (Fsp3) is 0.931. The topological polar surface area (TPSA) is 20.2 Å². The van der Waals surface area contributed by atoms with Crippen LogP contribution in [0.5, 0.6) is 0 Å². The molecule has 2 aliphatic rings. The van der Waals surface area contributed by atoms with Crippen molar-refractivity contribution in [1.82, 2.24) is 0 Å². The Bertz CT molecular complexity index is 545. The van der Waals surface area contributed by atoms with Crippen LogP contribution in [0.15, 0.2) is 10.2 Å². The molecule has 0 aromatic rings. The van der Waals surface area contributed by atoms with Gasteiger partial charge >= 0.3 is 201 Å². The number of rotatable bonds is 14. The van der Waals surface area contributed by atoms with E-state index in [-0.39, 0.29) is 10.8 Å². The number of fused-ring (bicyclic) bond motifs is 2. The van der Waals surface area contributed by atoms with E-state index in [1.165, 1.54) is 64.2 Å². The summed E-state index contributed by atoms with van der Waals surface area (Å²) in [6, 6.07) is 0. The van der Waals surface area contributed by atoms with E-state index >= 15 is 0 Å². The first-order valence-electron chi connectivity index (χ1n) is 14.1. The molecule has 2 aliphatic carbocycles. The van der Waals surface area contributed by atoms with Crippen LogP contribution in [0.25, 0.3) is 0 Å². The van der Waals surface area contributed by atoms with Crippen molar-refractivity contribution in [3.05, 3.63) is 10.2 Å². The number of aliphatic hydroxyl groups is 1. The molecule has 0 unspecified atom stereocenters. The van der Waals surface area contributed by atoms with E-state index in [9.17, 15) is 5.11 Å². The second-order valence-corrected chi connectivity index (χ2v) is 25.4. The molecule has 0 radical (unpaired) electrons. The first-order valence-corrected chi connectivity index (χ1v) is 21.8. The van der Waals surface area contributed by atoms with Crippen LogP contribution in [0.4, 0.5) is 0 Å². The second kappa shape index (κ2) is 11.8. The van der Waals surface area contributed by atoms with Crippen molar-refractivity contribution in [3.8, 4) is 0 Å². The van der Waals surface area contributed by atoms with E-state index in [4.69, 9.17) is 0 Å². The van der Waals surface area contributed by atoms with E-state index in [2.05, 4.69) is 58.6 Å². The average molecular weight is 539 g/mol. The average Bonchev–Trinajstić information content (AvgIpc) is 3.00. The number of hydrogen-bond acceptors (Lipinski definition) is 1. The van der Waals surface area contributed by atoms with Gasteiger partial charge in [0.1, 0.15) is 0 Å². The zero-order chi connectivity index (χ0) is 23.2. The molecule has 1 nitrogen and oxygen atoms in total. The summed E-state index contributed by atoms with van der Waals surface area (Å²) in [5.74, 6) is 1.22. The summed E-state index contributed by atoms with van der Waals surface area (Å²) in [6.07, 6.45) is 18.0. The third-order valence-electron chi connectivity index (χ3n) is 9.54. The van der Waals surface area contributed by atoms with Crippen LogP contribution in [0.2, 0.25) is 13.3 Å². The van der Waals surface area contributed by atoms with E-state index in [1.54, 1.807) is 13.3 Å². The van der Waals surface area contributed by atoms with Gasteiger partial charge in [0.05, 0.1) is 0 Å². The van der Waals surface area contributed by atoms with Gasteiger partial charge in [-0.05, 0) is 0 Å². The third kappa shape index (κ3) is 6.34. The molecule has 0 heterocycles. The summed E-state index contributed by atoms with van der Waals surface area (Å²) in [5.41, 5.74) is -0.0277. The Morgan fingerprint density at radius 1 is 0.774 bits per heavy atom. The zero-order valence-corrected chi connectivity index (χ0v) is 25.2. The van der Waals surface area contributed by atoms with Crippen LogP contribution in [-0.2, 0) is 0 Å². The fourth-order valence-corrected chi connectivity index (χ4v) is 22.6. The molecular formula is C29H56OSn. The van der Waals surface area contributed by atoms with Crippen LogP contribution in [0.3, 0.4) is 0 Å². The summed E-state index contributed by atoms with van der Waals surface area (Å²) in [5, 5.41) is 12.0. The Morgan fingerprint density at radius 3 is 1.74 bits per heavy atom. The van der Waals surface area contributed by atoms with Gasteiger partial charge in [0, 0.05) is 0 Å². The number of allylic oxidation sites excluding steroid dienone is 1. The van der Waals surface area contributed by atoms with Crippen molar-refractivity contribution >= 4 is 18.4 Å². The predicted molar refractivity (Wildman–Crippen MR) is 141 cm³/mol. The molecule has 0 spiro atoms. The molecule has 2 rings (SSSR count). The maximum atomic E-state index is 12.0. The van der Waals surface area contributed by atoms with Crippen LogP contribution in [0.1, 0.15) is 126 Å². The third-order valence-corrected chi connectivity index (χ3v) is 23.6. The van der Waals surface area contributed by atoms with E-state index in [1.807, 2.05) is 0 Å². The molecule has 2 heteroatoms. The number of hydrogen-bond donors (Lipinski definition) is 1. The maximum absolute atomic E-state index is 12.0. The normalized spacial score (nSPS) is 32.8. The minimum absolute atomic E-state index is 0.172. The Balaban J connectivity index is 2.39. The summed E-state index contributed by atoms with van der Waals surface area (Å²) in [7, 11) is 0. The van der Waals surface area contributed by atoms with Gasteiger partial charge in [-0.1, -0.05) is 0 Å². The van der Waals surface area contributed by atoms with Gasteiger partial charge in [-0.15, -0.1) is 0 Å². The summed E-state index contributed by atoms with van der Waals surface area (Å²) < 4.78 is 7.56. The minimum atomic E-state index is -2.30. The second-order valence-electron chi connectivity index (χ2n) is 12.4. The molecule has 0 amide bonds. The van der Waals surface area contributed by atoms with Crippen LogP contribution in [-0.4, -0.2) is 29.1 Å². The van der Waals surface area contributed by atoms with Gasteiger partial charge in [-0.25, -0.2) is 0 Å². The van der Waals surface area contributed by atoms with E-state index in [0.29, 0.717) is 5.92 Å². The van der Waals surface area contributed by atoms with E-state index in [0.717, 1.165) is 18.8 Å². The Kier molecular flexibility index (Phi) is 10.5. The van der Waals surface area contributed by atoms with Gasteiger partial charge in [-0.2, -0.15) is 0 Å². The Morgan fingerprint density at radius 2 is 1.26 bits per heavy atom. The molecule has 0 aliphatic heterocycles. The van der Waals surface area contributed by atoms with Crippen molar-refractivity contribution in [2.45, 2.75) is 144 Å². The summed E-state index contributed by atoms with van der Waals surface area (Å²) in [4.78, 5) is 0. The van der Waals surface area contributed by atoms with Crippen molar-refractivity contribution in [2.75, 3.05) is 0 Å². The molecule has 0 aromatic heterocycles. The summed E-state index contributed by atoms with van der Waals surface area (Å²) in [6.45, 7) is 16.9. The zero-order valence-electron chi connectivity index (χ0n) is 22.4. The van der Waals surface area contributed by atoms with Gasteiger partial charge in [-0.3, -0.25) is 0 Å². The van der Waals surface area contributed by atoms with Gasteiger partial charge in [0.15, 0.2) is 0 Å². The van der Waals surface area contributed by atoms with Crippen LogP contribution in [0, 0.1) is 22.7 Å². The first kappa shape index (κ1) is 27.7. The monoisotopic (exact) mass is 540 g/mol. The molecule has 0 aromatic carbocycles. The molecule has 2 bridgehead atoms. The van der Waals surface area contributed by atoms with Crippen LogP contribution >= 0.6 is 0 Å². The van der Waals surface area contributed by atoms with Crippen LogP contribution < -0.4 is 0 Å². The van der Waals surface area contributed by atoms with Crippen molar-refractivity contribution in [2.24, 2.45) is 22.7 Å². The molecule has 2 saturated carbocycles. The van der Waals surface area contributed by atoms with E-state index < -0.39 is 24.0 Å². The first-order chi connectivity index (χ1) is 14.6. The number of unbranched alkanes of at least 4 members (excludes halogenated alkanes) is 4. The molecule has 0 saturated heterocycles. The molecule has 182 valence electrons. The molecule has 31 heavy (non-hydrogen) atoms. The predicted octanol–water partition coefficient (Wildman–Crippen LogP) is 9.31. The Labute approximate surface area is 200 Å².